The number of carbonyl (C=O) groups excluding carboxylic acids is 1. The van der Waals surface area contributed by atoms with Crippen molar-refractivity contribution in [3.8, 4) is 5.75 Å². The maximum absolute atomic E-state index is 13.4. The zero-order valence-electron chi connectivity index (χ0n) is 19.1. The fourth-order valence-corrected chi connectivity index (χ4v) is 5.37. The van der Waals surface area contributed by atoms with Gasteiger partial charge in [0, 0.05) is 55.4 Å². The van der Waals surface area contributed by atoms with Crippen LogP contribution in [0.2, 0.25) is 5.02 Å². The number of nitrogens with one attached hydrogen (secondary N) is 1. The van der Waals surface area contributed by atoms with E-state index in [2.05, 4.69) is 10.2 Å². The quantitative estimate of drug-likeness (QED) is 0.506. The van der Waals surface area contributed by atoms with Crippen LogP contribution in [0.25, 0.3) is 0 Å². The molecule has 8 heteroatoms. The molecule has 0 bridgehead atoms. The topological polar surface area (TPSA) is 55.8 Å². The van der Waals surface area contributed by atoms with E-state index < -0.39 is 0 Å². The average molecular weight is 498 g/mol. The third-order valence-electron chi connectivity index (χ3n) is 7.13. The van der Waals surface area contributed by atoms with Gasteiger partial charge in [-0.25, -0.2) is 8.78 Å². The van der Waals surface area contributed by atoms with E-state index in [1.807, 2.05) is 4.90 Å². The third-order valence-corrected chi connectivity index (χ3v) is 7.44. The van der Waals surface area contributed by atoms with Crippen molar-refractivity contribution in [2.24, 2.45) is 11.3 Å². The molecule has 5 nitrogen and oxygen atoms in total. The Bertz CT molecular complexity index is 1210. The monoisotopic (exact) mass is 497 g/mol. The van der Waals surface area contributed by atoms with Gasteiger partial charge in [-0.05, 0) is 66.2 Å². The lowest BCUT2D eigenvalue weighted by Gasteiger charge is -2.52. The number of nitrogens with zero attached hydrogens (tertiary/aromatic N) is 2. The van der Waals surface area contributed by atoms with Crippen molar-refractivity contribution in [3.63, 3.8) is 0 Å². The zero-order valence-corrected chi connectivity index (χ0v) is 19.8. The maximum atomic E-state index is 13.4. The first-order valence-corrected chi connectivity index (χ1v) is 11.9. The molecule has 2 saturated heterocycles. The number of amides is 1. The summed E-state index contributed by atoms with van der Waals surface area (Å²) in [6.07, 6.45) is 0.204. The molecule has 2 aliphatic heterocycles. The predicted molar refractivity (Wildman–Crippen MR) is 133 cm³/mol. The Morgan fingerprint density at radius 2 is 1.66 bits per heavy atom. The number of hydrogen-bond donors (Lipinski definition) is 2. The van der Waals surface area contributed by atoms with Crippen molar-refractivity contribution >= 4 is 28.9 Å². The van der Waals surface area contributed by atoms with E-state index >= 15 is 0 Å². The molecule has 2 fully saturated rings. The number of hydrogen-bond acceptors (Lipinski definition) is 4. The van der Waals surface area contributed by atoms with Crippen LogP contribution in [0.15, 0.2) is 66.7 Å². The molecule has 1 unspecified atom stereocenters. The lowest BCUT2D eigenvalue weighted by molar-refractivity contribution is -0.130. The first-order valence-electron chi connectivity index (χ1n) is 11.6. The summed E-state index contributed by atoms with van der Waals surface area (Å²) in [5, 5.41) is 13.3. The second-order valence-corrected chi connectivity index (χ2v) is 9.92. The minimum atomic E-state index is -0.284. The normalized spacial score (nSPS) is 18.5. The summed E-state index contributed by atoms with van der Waals surface area (Å²) in [6.45, 7) is 3.42. The van der Waals surface area contributed by atoms with Crippen molar-refractivity contribution in [2.45, 2.75) is 6.42 Å². The highest BCUT2D eigenvalue weighted by molar-refractivity contribution is 6.32. The number of rotatable bonds is 6. The van der Waals surface area contributed by atoms with Gasteiger partial charge in [0.25, 0.3) is 0 Å². The molecule has 1 spiro atoms. The number of phenolic OH excluding ortho intramolecular Hbond substituents is 1. The van der Waals surface area contributed by atoms with Gasteiger partial charge in [-0.3, -0.25) is 4.79 Å². The van der Waals surface area contributed by atoms with Gasteiger partial charge in [0.05, 0.1) is 11.4 Å². The summed E-state index contributed by atoms with van der Waals surface area (Å²) in [4.78, 5) is 17.3. The first-order chi connectivity index (χ1) is 16.8. The van der Waals surface area contributed by atoms with E-state index in [9.17, 15) is 18.7 Å². The molecule has 0 aromatic heterocycles. The van der Waals surface area contributed by atoms with Gasteiger partial charge in [0.2, 0.25) is 5.91 Å². The fourth-order valence-electron chi connectivity index (χ4n) is 5.17. The van der Waals surface area contributed by atoms with Gasteiger partial charge < -0.3 is 20.2 Å². The lowest BCUT2D eigenvalue weighted by atomic mass is 9.71. The molecule has 0 saturated carbocycles. The number of phenols is 1. The Morgan fingerprint density at radius 1 is 1.00 bits per heavy atom. The van der Waals surface area contributed by atoms with Gasteiger partial charge in [-0.2, -0.15) is 0 Å². The molecule has 2 aliphatic rings. The van der Waals surface area contributed by atoms with Crippen molar-refractivity contribution in [3.05, 3.63) is 89.0 Å². The molecule has 1 amide bonds. The third kappa shape index (κ3) is 4.91. The fraction of sp³-hybridized carbons (Fsp3) is 0.296. The molecule has 5 rings (SSSR count). The molecular formula is C27H26ClF2N3O2. The number of aromatic hydroxyl groups is 1. The van der Waals surface area contributed by atoms with Crippen molar-refractivity contribution in [1.29, 1.82) is 0 Å². The van der Waals surface area contributed by atoms with Crippen LogP contribution >= 0.6 is 11.6 Å². The van der Waals surface area contributed by atoms with Gasteiger partial charge in [0.15, 0.2) is 0 Å². The SMILES string of the molecule is O=C(Cc1ccc(O)c(Cl)c1)N1CC(CNc2ccc(F)cc2)C2(C1)CN(c1ccc(F)cc1)C2. The maximum Gasteiger partial charge on any atom is 0.227 e. The molecule has 0 radical (unpaired) electrons. The molecule has 2 N–H and O–H groups in total. The predicted octanol–water partition coefficient (Wildman–Crippen LogP) is 4.94. The molecule has 35 heavy (non-hydrogen) atoms. The van der Waals surface area contributed by atoms with E-state index in [1.165, 1.54) is 30.3 Å². The Morgan fingerprint density at radius 3 is 2.31 bits per heavy atom. The van der Waals surface area contributed by atoms with Crippen LogP contribution in [-0.4, -0.2) is 48.6 Å². The standard InChI is InChI=1S/C27H26ClF2N3O2/c28-24-11-18(1-10-25(24)34)12-26(35)32-14-19(13-31-22-6-2-20(29)3-7-22)27(15-32)16-33(17-27)23-8-4-21(30)5-9-23/h1-11,19,31,34H,12-17H2. The Balaban J connectivity index is 1.30. The minimum absolute atomic E-state index is 0.00900. The average Bonchev–Trinajstić information content (AvgIpc) is 3.21. The summed E-state index contributed by atoms with van der Waals surface area (Å²) in [5.74, 6) is -0.359. The largest absolute Gasteiger partial charge is 0.506 e. The smallest absolute Gasteiger partial charge is 0.227 e. The van der Waals surface area contributed by atoms with Crippen LogP contribution < -0.4 is 10.2 Å². The lowest BCUT2D eigenvalue weighted by Crippen LogP contribution is -2.61. The van der Waals surface area contributed by atoms with Crippen molar-refractivity contribution in [2.75, 3.05) is 42.9 Å². The number of halogens is 3. The van der Waals surface area contributed by atoms with Gasteiger partial charge in [-0.15, -0.1) is 0 Å². The number of carbonyl (C=O) groups is 1. The number of anilines is 2. The number of benzene rings is 3. The summed E-state index contributed by atoms with van der Waals surface area (Å²) >= 11 is 6.01. The molecule has 3 aromatic carbocycles. The Kier molecular flexibility index (Phi) is 6.28. The highest BCUT2D eigenvalue weighted by Crippen LogP contribution is 2.46. The van der Waals surface area contributed by atoms with Gasteiger partial charge in [0.1, 0.15) is 17.4 Å². The highest BCUT2D eigenvalue weighted by Gasteiger charge is 2.54. The van der Waals surface area contributed by atoms with E-state index in [0.717, 1.165) is 30.0 Å². The van der Waals surface area contributed by atoms with Crippen LogP contribution in [-0.2, 0) is 11.2 Å². The van der Waals surface area contributed by atoms with E-state index in [-0.39, 0.29) is 46.1 Å². The Hall–Kier alpha value is -3.32. The second kappa shape index (κ2) is 9.38. The van der Waals surface area contributed by atoms with E-state index in [0.29, 0.717) is 19.6 Å². The van der Waals surface area contributed by atoms with Crippen LogP contribution in [0.5, 0.6) is 5.75 Å². The van der Waals surface area contributed by atoms with Crippen LogP contribution in [0.1, 0.15) is 5.56 Å². The number of likely N-dealkylation sites (tertiary alicyclic amines) is 1. The highest BCUT2D eigenvalue weighted by atomic mass is 35.5. The van der Waals surface area contributed by atoms with Crippen LogP contribution in [0.4, 0.5) is 20.2 Å². The van der Waals surface area contributed by atoms with E-state index in [1.54, 1.807) is 36.4 Å². The molecular weight excluding hydrogens is 472 g/mol. The molecule has 3 aromatic rings. The summed E-state index contributed by atoms with van der Waals surface area (Å²) < 4.78 is 26.7. The molecule has 1 atom stereocenters. The summed E-state index contributed by atoms with van der Waals surface area (Å²) in [7, 11) is 0. The second-order valence-electron chi connectivity index (χ2n) is 9.52. The van der Waals surface area contributed by atoms with Crippen LogP contribution in [0, 0.1) is 23.0 Å². The molecule has 182 valence electrons. The van der Waals surface area contributed by atoms with Gasteiger partial charge in [-0.1, -0.05) is 17.7 Å². The summed E-state index contributed by atoms with van der Waals surface area (Å²) in [5.41, 5.74) is 2.45. The molecule has 2 heterocycles. The van der Waals surface area contributed by atoms with Crippen molar-refractivity contribution in [1.82, 2.24) is 4.90 Å². The van der Waals surface area contributed by atoms with Gasteiger partial charge >= 0.3 is 0 Å². The minimum Gasteiger partial charge on any atom is -0.506 e. The zero-order chi connectivity index (χ0) is 24.6. The van der Waals surface area contributed by atoms with Crippen LogP contribution in [0.3, 0.4) is 0 Å². The Labute approximate surface area is 207 Å². The first kappa shape index (κ1) is 23.4. The van der Waals surface area contributed by atoms with Crippen molar-refractivity contribution < 1.29 is 18.7 Å². The molecule has 0 aliphatic carbocycles. The van der Waals surface area contributed by atoms with E-state index in [4.69, 9.17) is 11.6 Å². The summed E-state index contributed by atoms with van der Waals surface area (Å²) in [6, 6.07) is 17.6.